The third-order valence-corrected chi connectivity index (χ3v) is 5.52. The quantitative estimate of drug-likeness (QED) is 0.607. The van der Waals surface area contributed by atoms with Crippen LogP contribution in [-0.2, 0) is 9.59 Å². The van der Waals surface area contributed by atoms with Crippen molar-refractivity contribution < 1.29 is 19.4 Å². The first-order chi connectivity index (χ1) is 14.1. The third kappa shape index (κ3) is 4.24. The van der Waals surface area contributed by atoms with Gasteiger partial charge in [-0.25, -0.2) is 0 Å². The zero-order valence-electron chi connectivity index (χ0n) is 16.0. The number of carboxylic acid groups (broad SMARTS) is 1. The number of amides is 1. The lowest BCUT2D eigenvalue weighted by Gasteiger charge is -2.27. The van der Waals surface area contributed by atoms with Crippen molar-refractivity contribution in [3.8, 4) is 11.5 Å². The number of rotatable bonds is 5. The largest absolute Gasteiger partial charge is 0.481 e. The predicted octanol–water partition coefficient (Wildman–Crippen LogP) is 5.46. The minimum atomic E-state index is -0.885. The van der Waals surface area contributed by atoms with Gasteiger partial charge in [0, 0.05) is 11.1 Å². The molecule has 5 nitrogen and oxygen atoms in total. The molecule has 1 fully saturated rings. The number of benzene rings is 3. The van der Waals surface area contributed by atoms with Crippen molar-refractivity contribution in [2.45, 2.75) is 25.7 Å². The number of ether oxygens (including phenoxy) is 1. The van der Waals surface area contributed by atoms with Crippen molar-refractivity contribution in [3.05, 3.63) is 66.7 Å². The van der Waals surface area contributed by atoms with Gasteiger partial charge in [-0.15, -0.1) is 0 Å². The first-order valence-corrected chi connectivity index (χ1v) is 9.91. The summed E-state index contributed by atoms with van der Waals surface area (Å²) in [6.45, 7) is 0. The molecule has 0 radical (unpaired) electrons. The van der Waals surface area contributed by atoms with Crippen LogP contribution < -0.4 is 10.1 Å². The number of carboxylic acids is 1. The Morgan fingerprint density at radius 2 is 1.55 bits per heavy atom. The number of nitrogens with one attached hydrogen (secondary N) is 1. The summed E-state index contributed by atoms with van der Waals surface area (Å²) in [5.74, 6) is -0.749. The summed E-state index contributed by atoms with van der Waals surface area (Å²) in [5.41, 5.74) is 0.634. The van der Waals surface area contributed by atoms with Gasteiger partial charge < -0.3 is 15.2 Å². The van der Waals surface area contributed by atoms with E-state index in [2.05, 4.69) is 5.32 Å². The Balaban J connectivity index is 1.45. The van der Waals surface area contributed by atoms with Crippen LogP contribution in [-0.4, -0.2) is 17.0 Å². The van der Waals surface area contributed by atoms with Crippen LogP contribution in [0.25, 0.3) is 10.8 Å². The van der Waals surface area contributed by atoms with Gasteiger partial charge in [-0.3, -0.25) is 9.59 Å². The lowest BCUT2D eigenvalue weighted by Crippen LogP contribution is -2.36. The van der Waals surface area contributed by atoms with Crippen molar-refractivity contribution in [1.29, 1.82) is 0 Å². The van der Waals surface area contributed by atoms with Gasteiger partial charge in [0.05, 0.1) is 11.8 Å². The maximum absolute atomic E-state index is 12.6. The monoisotopic (exact) mass is 389 g/mol. The molecule has 2 unspecified atom stereocenters. The summed E-state index contributed by atoms with van der Waals surface area (Å²) in [4.78, 5) is 24.0. The highest BCUT2D eigenvalue weighted by Crippen LogP contribution is 2.32. The fourth-order valence-electron chi connectivity index (χ4n) is 3.99. The van der Waals surface area contributed by atoms with Gasteiger partial charge in [-0.2, -0.15) is 0 Å². The fourth-order valence-corrected chi connectivity index (χ4v) is 3.99. The SMILES string of the molecule is O=C(O)C1CCCCC1C(=O)Nc1ccc(Oc2cccc3ccccc23)cc1. The fraction of sp³-hybridized carbons (Fsp3) is 0.250. The van der Waals surface area contributed by atoms with E-state index in [9.17, 15) is 14.7 Å². The number of anilines is 1. The number of hydrogen-bond acceptors (Lipinski definition) is 3. The number of hydrogen-bond donors (Lipinski definition) is 2. The average Bonchev–Trinajstić information content (AvgIpc) is 2.75. The minimum Gasteiger partial charge on any atom is -0.481 e. The van der Waals surface area contributed by atoms with Gasteiger partial charge in [0.15, 0.2) is 0 Å². The average molecular weight is 389 g/mol. The van der Waals surface area contributed by atoms with Crippen molar-refractivity contribution in [1.82, 2.24) is 0 Å². The van der Waals surface area contributed by atoms with Gasteiger partial charge in [0.2, 0.25) is 5.91 Å². The molecular weight excluding hydrogens is 366 g/mol. The molecule has 5 heteroatoms. The van der Waals surface area contributed by atoms with E-state index in [4.69, 9.17) is 4.74 Å². The van der Waals surface area contributed by atoms with E-state index in [1.165, 1.54) is 0 Å². The summed E-state index contributed by atoms with van der Waals surface area (Å²) < 4.78 is 6.03. The van der Waals surface area contributed by atoms with Crippen LogP contribution >= 0.6 is 0 Å². The molecule has 0 spiro atoms. The van der Waals surface area contributed by atoms with Crippen molar-refractivity contribution in [2.24, 2.45) is 11.8 Å². The van der Waals surface area contributed by atoms with Gasteiger partial charge in [0.1, 0.15) is 11.5 Å². The molecule has 0 aliphatic heterocycles. The van der Waals surface area contributed by atoms with E-state index in [0.717, 1.165) is 29.4 Å². The van der Waals surface area contributed by atoms with Crippen molar-refractivity contribution >= 4 is 28.3 Å². The van der Waals surface area contributed by atoms with Crippen molar-refractivity contribution in [2.75, 3.05) is 5.32 Å². The Bertz CT molecular complexity index is 1020. The van der Waals surface area contributed by atoms with Gasteiger partial charge in [-0.05, 0) is 48.6 Å². The van der Waals surface area contributed by atoms with Crippen LogP contribution in [0.1, 0.15) is 25.7 Å². The zero-order chi connectivity index (χ0) is 20.2. The molecule has 1 aliphatic rings. The second-order valence-electron chi connectivity index (χ2n) is 7.43. The molecule has 3 aromatic rings. The number of fused-ring (bicyclic) bond motifs is 1. The summed E-state index contributed by atoms with van der Waals surface area (Å²) in [7, 11) is 0. The third-order valence-electron chi connectivity index (χ3n) is 5.52. The molecule has 0 aromatic heterocycles. The van der Waals surface area contributed by atoms with E-state index in [0.29, 0.717) is 24.3 Å². The first-order valence-electron chi connectivity index (χ1n) is 9.91. The molecule has 1 amide bonds. The molecule has 2 atom stereocenters. The number of carbonyl (C=O) groups is 2. The summed E-state index contributed by atoms with van der Waals surface area (Å²) in [6.07, 6.45) is 2.93. The first kappa shape index (κ1) is 19.0. The zero-order valence-corrected chi connectivity index (χ0v) is 16.0. The lowest BCUT2D eigenvalue weighted by atomic mass is 9.78. The van der Waals surface area contributed by atoms with Gasteiger partial charge in [-0.1, -0.05) is 49.2 Å². The Morgan fingerprint density at radius 1 is 0.862 bits per heavy atom. The molecule has 1 aliphatic carbocycles. The maximum Gasteiger partial charge on any atom is 0.307 e. The Hall–Kier alpha value is -3.34. The van der Waals surface area contributed by atoms with Crippen LogP contribution in [0, 0.1) is 11.8 Å². The van der Waals surface area contributed by atoms with E-state index in [1.54, 1.807) is 24.3 Å². The van der Waals surface area contributed by atoms with Crippen molar-refractivity contribution in [3.63, 3.8) is 0 Å². The van der Waals surface area contributed by atoms with E-state index < -0.39 is 17.8 Å². The highest BCUT2D eigenvalue weighted by Gasteiger charge is 2.35. The van der Waals surface area contributed by atoms with Crippen LogP contribution in [0.5, 0.6) is 11.5 Å². The molecule has 0 saturated heterocycles. The lowest BCUT2D eigenvalue weighted by molar-refractivity contribution is -0.147. The molecule has 2 N–H and O–H groups in total. The minimum absolute atomic E-state index is 0.222. The molecule has 148 valence electrons. The Morgan fingerprint density at radius 3 is 2.31 bits per heavy atom. The highest BCUT2D eigenvalue weighted by molar-refractivity contribution is 5.95. The smallest absolute Gasteiger partial charge is 0.307 e. The van der Waals surface area contributed by atoms with E-state index in [1.807, 2.05) is 42.5 Å². The van der Waals surface area contributed by atoms with Crippen LogP contribution in [0.3, 0.4) is 0 Å². The van der Waals surface area contributed by atoms with Crippen LogP contribution in [0.4, 0.5) is 5.69 Å². The number of aliphatic carboxylic acids is 1. The topological polar surface area (TPSA) is 75.6 Å². The Labute approximate surface area is 169 Å². The maximum atomic E-state index is 12.6. The van der Waals surface area contributed by atoms with Crippen LogP contribution in [0.15, 0.2) is 66.7 Å². The second kappa shape index (κ2) is 8.35. The second-order valence-corrected chi connectivity index (χ2v) is 7.43. The molecule has 3 aromatic carbocycles. The normalized spacial score (nSPS) is 18.9. The molecule has 0 bridgehead atoms. The van der Waals surface area contributed by atoms with E-state index >= 15 is 0 Å². The standard InChI is InChI=1S/C24H23NO4/c26-23(20-9-3-4-10-21(20)24(27)28)25-17-12-14-18(15-13-17)29-22-11-5-7-16-6-1-2-8-19(16)22/h1-2,5-8,11-15,20-21H,3-4,9-10H2,(H,25,26)(H,27,28). The summed E-state index contributed by atoms with van der Waals surface area (Å²) in [5, 5.41) is 14.4. The highest BCUT2D eigenvalue weighted by atomic mass is 16.5. The molecule has 29 heavy (non-hydrogen) atoms. The molecule has 4 rings (SSSR count). The Kier molecular flexibility index (Phi) is 5.47. The van der Waals surface area contributed by atoms with Gasteiger partial charge >= 0.3 is 5.97 Å². The van der Waals surface area contributed by atoms with E-state index in [-0.39, 0.29) is 5.91 Å². The number of carbonyl (C=O) groups excluding carboxylic acids is 1. The van der Waals surface area contributed by atoms with Gasteiger partial charge in [0.25, 0.3) is 0 Å². The summed E-state index contributed by atoms with van der Waals surface area (Å²) >= 11 is 0. The summed E-state index contributed by atoms with van der Waals surface area (Å²) in [6, 6.07) is 21.1. The molecule has 0 heterocycles. The molecule has 1 saturated carbocycles. The predicted molar refractivity (Wildman–Crippen MR) is 112 cm³/mol. The molecular formula is C24H23NO4. The van der Waals surface area contributed by atoms with Crippen LogP contribution in [0.2, 0.25) is 0 Å².